The number of hydrogen-bond donors (Lipinski definition) is 1. The molecule has 2 N–H and O–H groups in total. The highest BCUT2D eigenvalue weighted by atomic mass is 15.1. The first kappa shape index (κ1) is 13.5. The second kappa shape index (κ2) is 5.88. The van der Waals surface area contributed by atoms with Crippen molar-refractivity contribution in [3.63, 3.8) is 0 Å². The summed E-state index contributed by atoms with van der Waals surface area (Å²) < 4.78 is 0. The molecule has 0 saturated heterocycles. The quantitative estimate of drug-likeness (QED) is 0.713. The van der Waals surface area contributed by atoms with Crippen LogP contribution >= 0.6 is 0 Å². The third-order valence-corrected chi connectivity index (χ3v) is 3.87. The lowest BCUT2D eigenvalue weighted by Crippen LogP contribution is -2.22. The van der Waals surface area contributed by atoms with E-state index in [1.54, 1.807) is 0 Å². The van der Waals surface area contributed by atoms with Crippen LogP contribution in [0.2, 0.25) is 0 Å². The number of hydrogen-bond acceptors (Lipinski definition) is 2. The fourth-order valence-corrected chi connectivity index (χ4v) is 2.67. The minimum atomic E-state index is 0.831. The van der Waals surface area contributed by atoms with Crippen LogP contribution in [0.3, 0.4) is 0 Å². The van der Waals surface area contributed by atoms with Crippen LogP contribution in [0.4, 0.5) is 11.4 Å². The Morgan fingerprint density at radius 2 is 1.48 bits per heavy atom. The molecule has 0 fully saturated rings. The van der Waals surface area contributed by atoms with Crippen LogP contribution in [-0.2, 0) is 6.54 Å². The van der Waals surface area contributed by atoms with Crippen LogP contribution in [0.15, 0.2) is 66.7 Å². The lowest BCUT2D eigenvalue weighted by Gasteiger charge is -2.24. The molecule has 21 heavy (non-hydrogen) atoms. The number of nitrogen functional groups attached to an aromatic ring is 1. The Kier molecular flexibility index (Phi) is 3.78. The summed E-state index contributed by atoms with van der Waals surface area (Å²) in [5.41, 5.74) is 9.51. The van der Waals surface area contributed by atoms with E-state index in [1.165, 1.54) is 22.0 Å². The molecule has 2 heteroatoms. The van der Waals surface area contributed by atoms with Gasteiger partial charge >= 0.3 is 0 Å². The monoisotopic (exact) mass is 276 g/mol. The number of benzene rings is 3. The van der Waals surface area contributed by atoms with Crippen LogP contribution in [0.25, 0.3) is 10.8 Å². The molecule has 0 bridgehead atoms. The number of nitrogens with zero attached hydrogens (tertiary/aromatic N) is 1. The molecule has 0 heterocycles. The van der Waals surface area contributed by atoms with Gasteiger partial charge in [-0.15, -0.1) is 0 Å². The zero-order chi connectivity index (χ0) is 14.7. The summed E-state index contributed by atoms with van der Waals surface area (Å²) in [4.78, 5) is 2.33. The molecule has 0 radical (unpaired) electrons. The van der Waals surface area contributed by atoms with Crippen molar-refractivity contribution >= 4 is 22.1 Å². The van der Waals surface area contributed by atoms with E-state index in [2.05, 4.69) is 66.4 Å². The van der Waals surface area contributed by atoms with E-state index in [0.717, 1.165) is 18.8 Å². The summed E-state index contributed by atoms with van der Waals surface area (Å²) in [6, 6.07) is 23.1. The van der Waals surface area contributed by atoms with Crippen molar-refractivity contribution < 1.29 is 0 Å². The van der Waals surface area contributed by atoms with Gasteiger partial charge in [0.2, 0.25) is 0 Å². The van der Waals surface area contributed by atoms with Gasteiger partial charge in [-0.2, -0.15) is 0 Å². The Labute approximate surface area is 125 Å². The zero-order valence-corrected chi connectivity index (χ0v) is 12.3. The van der Waals surface area contributed by atoms with Crippen LogP contribution in [-0.4, -0.2) is 6.54 Å². The smallest absolute Gasteiger partial charge is 0.0449 e. The molecular formula is C19H20N2. The maximum Gasteiger partial charge on any atom is 0.0449 e. The Bertz CT molecular complexity index is 735. The summed E-state index contributed by atoms with van der Waals surface area (Å²) in [7, 11) is 0. The van der Waals surface area contributed by atoms with Crippen molar-refractivity contribution in [2.75, 3.05) is 17.2 Å². The van der Waals surface area contributed by atoms with Gasteiger partial charge in [0.1, 0.15) is 0 Å². The van der Waals surface area contributed by atoms with Crippen LogP contribution in [0.1, 0.15) is 12.5 Å². The van der Waals surface area contributed by atoms with Crippen molar-refractivity contribution in [2.45, 2.75) is 13.5 Å². The highest BCUT2D eigenvalue weighted by Gasteiger charge is 2.08. The lowest BCUT2D eigenvalue weighted by atomic mass is 10.0. The number of nitrogens with two attached hydrogens (primary N) is 1. The van der Waals surface area contributed by atoms with E-state index >= 15 is 0 Å². The SMILES string of the molecule is CCN(Cc1cc2ccccc2cc1N)c1ccccc1. The molecule has 0 spiro atoms. The van der Waals surface area contributed by atoms with Gasteiger partial charge < -0.3 is 10.6 Å². The van der Waals surface area contributed by atoms with E-state index in [0.29, 0.717) is 0 Å². The molecule has 0 aliphatic rings. The van der Waals surface area contributed by atoms with Gasteiger partial charge in [-0.25, -0.2) is 0 Å². The number of fused-ring (bicyclic) bond motifs is 1. The normalized spacial score (nSPS) is 10.7. The Hall–Kier alpha value is -2.48. The molecule has 0 saturated carbocycles. The zero-order valence-electron chi connectivity index (χ0n) is 12.3. The van der Waals surface area contributed by atoms with E-state index in [-0.39, 0.29) is 0 Å². The molecule has 0 atom stereocenters. The molecule has 0 amide bonds. The third kappa shape index (κ3) is 2.84. The largest absolute Gasteiger partial charge is 0.398 e. The van der Waals surface area contributed by atoms with Crippen molar-refractivity contribution in [2.24, 2.45) is 0 Å². The Morgan fingerprint density at radius 1 is 0.857 bits per heavy atom. The third-order valence-electron chi connectivity index (χ3n) is 3.87. The summed E-state index contributed by atoms with van der Waals surface area (Å²) in [6.45, 7) is 3.96. The van der Waals surface area contributed by atoms with Crippen LogP contribution in [0, 0.1) is 0 Å². The lowest BCUT2D eigenvalue weighted by molar-refractivity contribution is 0.834. The number of rotatable bonds is 4. The fraction of sp³-hybridized carbons (Fsp3) is 0.158. The minimum Gasteiger partial charge on any atom is -0.398 e. The Balaban J connectivity index is 1.95. The van der Waals surface area contributed by atoms with Gasteiger partial charge in [-0.3, -0.25) is 0 Å². The van der Waals surface area contributed by atoms with Gasteiger partial charge in [0.05, 0.1) is 0 Å². The number of para-hydroxylation sites is 1. The molecule has 0 unspecified atom stereocenters. The van der Waals surface area contributed by atoms with Gasteiger partial charge in [0, 0.05) is 24.5 Å². The van der Waals surface area contributed by atoms with Crippen LogP contribution in [0.5, 0.6) is 0 Å². The second-order valence-electron chi connectivity index (χ2n) is 5.25. The summed E-state index contributed by atoms with van der Waals surface area (Å²) in [5.74, 6) is 0. The minimum absolute atomic E-state index is 0.831. The van der Waals surface area contributed by atoms with E-state index in [1.807, 2.05) is 12.1 Å². The Morgan fingerprint density at radius 3 is 2.14 bits per heavy atom. The molecule has 0 aliphatic carbocycles. The topological polar surface area (TPSA) is 29.3 Å². The summed E-state index contributed by atoms with van der Waals surface area (Å²) in [5, 5.41) is 2.44. The van der Waals surface area contributed by atoms with E-state index < -0.39 is 0 Å². The van der Waals surface area contributed by atoms with E-state index in [4.69, 9.17) is 5.73 Å². The molecule has 2 nitrogen and oxygen atoms in total. The maximum atomic E-state index is 6.24. The average molecular weight is 276 g/mol. The first-order valence-electron chi connectivity index (χ1n) is 7.35. The highest BCUT2D eigenvalue weighted by molar-refractivity contribution is 5.86. The first-order valence-corrected chi connectivity index (χ1v) is 7.35. The summed E-state index contributed by atoms with van der Waals surface area (Å²) >= 11 is 0. The van der Waals surface area contributed by atoms with Crippen molar-refractivity contribution in [1.82, 2.24) is 0 Å². The average Bonchev–Trinajstić information content (AvgIpc) is 2.53. The molecule has 3 rings (SSSR count). The van der Waals surface area contributed by atoms with Gasteiger partial charge in [0.15, 0.2) is 0 Å². The van der Waals surface area contributed by atoms with E-state index in [9.17, 15) is 0 Å². The predicted molar refractivity (Wildman–Crippen MR) is 91.5 cm³/mol. The molecular weight excluding hydrogens is 256 g/mol. The number of anilines is 2. The highest BCUT2D eigenvalue weighted by Crippen LogP contribution is 2.25. The molecule has 3 aromatic carbocycles. The predicted octanol–water partition coefficient (Wildman–Crippen LogP) is 4.45. The molecule has 0 aliphatic heterocycles. The molecule has 0 aromatic heterocycles. The van der Waals surface area contributed by atoms with Gasteiger partial charge in [-0.1, -0.05) is 42.5 Å². The van der Waals surface area contributed by atoms with Gasteiger partial charge in [-0.05, 0) is 47.5 Å². The second-order valence-corrected chi connectivity index (χ2v) is 5.25. The van der Waals surface area contributed by atoms with Crippen LogP contribution < -0.4 is 10.6 Å². The maximum absolute atomic E-state index is 6.24. The molecule has 3 aromatic rings. The molecule has 106 valence electrons. The van der Waals surface area contributed by atoms with Crippen molar-refractivity contribution in [3.05, 3.63) is 72.3 Å². The fourth-order valence-electron chi connectivity index (χ4n) is 2.67. The first-order chi connectivity index (χ1) is 10.3. The van der Waals surface area contributed by atoms with Crippen molar-refractivity contribution in [1.29, 1.82) is 0 Å². The summed E-state index contributed by atoms with van der Waals surface area (Å²) in [6.07, 6.45) is 0. The van der Waals surface area contributed by atoms with Gasteiger partial charge in [0.25, 0.3) is 0 Å². The van der Waals surface area contributed by atoms with Crippen molar-refractivity contribution in [3.8, 4) is 0 Å². The standard InChI is InChI=1S/C19H20N2/c1-2-21(18-10-4-3-5-11-18)14-17-12-15-8-6-7-9-16(15)13-19(17)20/h3-13H,2,14,20H2,1H3.